The monoisotopic (exact) mass is 404 g/mol. The summed E-state index contributed by atoms with van der Waals surface area (Å²) in [6, 6.07) is 5.34. The molecule has 0 saturated heterocycles. The number of carbonyl (C=O) groups is 3. The van der Waals surface area contributed by atoms with Gasteiger partial charge in [0.15, 0.2) is 10.9 Å². The summed E-state index contributed by atoms with van der Waals surface area (Å²) in [5.74, 6) is -0.503. The summed E-state index contributed by atoms with van der Waals surface area (Å²) < 4.78 is 10.4. The molecule has 0 radical (unpaired) electrons. The van der Waals surface area contributed by atoms with Crippen LogP contribution in [0.4, 0.5) is 5.13 Å². The number of ketones is 1. The van der Waals surface area contributed by atoms with Crippen LogP contribution in [-0.4, -0.2) is 35.9 Å². The third-order valence-corrected chi connectivity index (χ3v) is 4.86. The van der Waals surface area contributed by atoms with Crippen molar-refractivity contribution in [3.63, 3.8) is 0 Å². The SMILES string of the molecule is COc1ccc(C)cc1C(=O)CCC(=O)Nc1nc(C)c(C(=O)OC(C)C)s1. The van der Waals surface area contributed by atoms with Crippen molar-refractivity contribution in [2.24, 2.45) is 0 Å². The van der Waals surface area contributed by atoms with Gasteiger partial charge >= 0.3 is 5.97 Å². The van der Waals surface area contributed by atoms with Gasteiger partial charge in [0.1, 0.15) is 10.6 Å². The maximum absolute atomic E-state index is 12.4. The number of nitrogens with one attached hydrogen (secondary N) is 1. The van der Waals surface area contributed by atoms with E-state index >= 15 is 0 Å². The van der Waals surface area contributed by atoms with Gasteiger partial charge in [0.05, 0.1) is 24.5 Å². The number of rotatable bonds is 8. The minimum absolute atomic E-state index is 0.000328. The number of methoxy groups -OCH3 is 1. The molecule has 28 heavy (non-hydrogen) atoms. The van der Waals surface area contributed by atoms with Gasteiger partial charge in [-0.05, 0) is 39.8 Å². The van der Waals surface area contributed by atoms with Crippen molar-refractivity contribution in [3.05, 3.63) is 39.9 Å². The molecule has 7 nitrogen and oxygen atoms in total. The van der Waals surface area contributed by atoms with Gasteiger partial charge in [-0.3, -0.25) is 9.59 Å². The lowest BCUT2D eigenvalue weighted by Gasteiger charge is -2.08. The molecular weight excluding hydrogens is 380 g/mol. The number of hydrogen-bond donors (Lipinski definition) is 1. The van der Waals surface area contributed by atoms with Gasteiger partial charge < -0.3 is 14.8 Å². The van der Waals surface area contributed by atoms with E-state index in [2.05, 4.69) is 10.3 Å². The van der Waals surface area contributed by atoms with Crippen LogP contribution >= 0.6 is 11.3 Å². The van der Waals surface area contributed by atoms with Gasteiger partial charge in [-0.1, -0.05) is 23.0 Å². The Kier molecular flexibility index (Phi) is 7.28. The highest BCUT2D eigenvalue weighted by Crippen LogP contribution is 2.25. The maximum atomic E-state index is 12.4. The second-order valence-corrected chi connectivity index (χ2v) is 7.56. The fourth-order valence-corrected chi connectivity index (χ4v) is 3.36. The summed E-state index contributed by atoms with van der Waals surface area (Å²) in [6.45, 7) is 7.08. The van der Waals surface area contributed by atoms with Crippen LogP contribution in [0, 0.1) is 13.8 Å². The Balaban J connectivity index is 1.97. The van der Waals surface area contributed by atoms with Crippen molar-refractivity contribution in [1.29, 1.82) is 0 Å². The first-order valence-electron chi connectivity index (χ1n) is 8.87. The Labute approximate surface area is 168 Å². The van der Waals surface area contributed by atoms with Crippen LogP contribution in [0.5, 0.6) is 5.75 Å². The van der Waals surface area contributed by atoms with Crippen LogP contribution < -0.4 is 10.1 Å². The quantitative estimate of drug-likeness (QED) is 0.529. The molecule has 0 aliphatic rings. The molecule has 0 atom stereocenters. The number of amides is 1. The summed E-state index contributed by atoms with van der Waals surface area (Å²) in [6.07, 6.45) is -0.199. The first kappa shape index (κ1) is 21.6. The molecule has 0 saturated carbocycles. The molecule has 0 aliphatic heterocycles. The van der Waals surface area contributed by atoms with E-state index < -0.39 is 5.97 Å². The molecule has 1 N–H and O–H groups in total. The molecular formula is C20H24N2O5S. The number of anilines is 1. The number of hydrogen-bond acceptors (Lipinski definition) is 7. The summed E-state index contributed by atoms with van der Waals surface area (Å²) >= 11 is 1.05. The van der Waals surface area contributed by atoms with Crippen LogP contribution in [0.15, 0.2) is 18.2 Å². The molecule has 1 aromatic carbocycles. The van der Waals surface area contributed by atoms with Crippen molar-refractivity contribution >= 4 is 34.1 Å². The Morgan fingerprint density at radius 1 is 1.18 bits per heavy atom. The van der Waals surface area contributed by atoms with Crippen LogP contribution in [0.3, 0.4) is 0 Å². The van der Waals surface area contributed by atoms with Crippen molar-refractivity contribution in [1.82, 2.24) is 4.98 Å². The molecule has 0 spiro atoms. The average Bonchev–Trinajstić information content (AvgIpc) is 2.99. The Morgan fingerprint density at radius 3 is 2.54 bits per heavy atom. The summed E-state index contributed by atoms with van der Waals surface area (Å²) in [7, 11) is 1.50. The normalized spacial score (nSPS) is 10.6. The van der Waals surface area contributed by atoms with E-state index in [0.29, 0.717) is 27.0 Å². The topological polar surface area (TPSA) is 94.6 Å². The number of aryl methyl sites for hydroxylation is 2. The molecule has 0 aliphatic carbocycles. The number of benzene rings is 1. The lowest BCUT2D eigenvalue weighted by Crippen LogP contribution is -2.13. The first-order valence-corrected chi connectivity index (χ1v) is 9.69. The zero-order chi connectivity index (χ0) is 20.8. The van der Waals surface area contributed by atoms with Gasteiger partial charge in [-0.15, -0.1) is 0 Å². The minimum atomic E-state index is -0.466. The largest absolute Gasteiger partial charge is 0.496 e. The lowest BCUT2D eigenvalue weighted by atomic mass is 10.0. The molecule has 0 bridgehead atoms. The molecule has 1 amide bonds. The number of thiazole rings is 1. The number of nitrogens with zero attached hydrogens (tertiary/aromatic N) is 1. The minimum Gasteiger partial charge on any atom is -0.496 e. The second-order valence-electron chi connectivity index (χ2n) is 6.56. The maximum Gasteiger partial charge on any atom is 0.350 e. The third-order valence-electron chi connectivity index (χ3n) is 3.81. The van der Waals surface area contributed by atoms with E-state index in [1.54, 1.807) is 32.9 Å². The Morgan fingerprint density at radius 2 is 1.89 bits per heavy atom. The van der Waals surface area contributed by atoms with Crippen molar-refractivity contribution in [2.75, 3.05) is 12.4 Å². The highest BCUT2D eigenvalue weighted by Gasteiger charge is 2.19. The summed E-state index contributed by atoms with van der Waals surface area (Å²) in [5.41, 5.74) is 1.89. The van der Waals surface area contributed by atoms with E-state index in [1.807, 2.05) is 13.0 Å². The Bertz CT molecular complexity index is 889. The third kappa shape index (κ3) is 5.63. The molecule has 8 heteroatoms. The second kappa shape index (κ2) is 9.45. The molecule has 2 aromatic rings. The zero-order valence-electron chi connectivity index (χ0n) is 16.6. The highest BCUT2D eigenvalue weighted by atomic mass is 32.1. The van der Waals surface area contributed by atoms with E-state index in [0.717, 1.165) is 16.9 Å². The van der Waals surface area contributed by atoms with Crippen molar-refractivity contribution in [2.45, 2.75) is 46.6 Å². The number of esters is 1. The summed E-state index contributed by atoms with van der Waals surface area (Å²) in [4.78, 5) is 41.2. The number of carbonyl (C=O) groups excluding carboxylic acids is 3. The summed E-state index contributed by atoms with van der Waals surface area (Å²) in [5, 5.41) is 2.94. The predicted octanol–water partition coefficient (Wildman–Crippen LogP) is 3.94. The Hall–Kier alpha value is -2.74. The smallest absolute Gasteiger partial charge is 0.350 e. The van der Waals surface area contributed by atoms with Gasteiger partial charge in [-0.2, -0.15) is 0 Å². The molecule has 0 unspecified atom stereocenters. The van der Waals surface area contributed by atoms with E-state index in [4.69, 9.17) is 9.47 Å². The number of Topliss-reactive ketones (excluding diaryl/α,β-unsaturated/α-hetero) is 1. The first-order chi connectivity index (χ1) is 13.2. The molecule has 1 heterocycles. The van der Waals surface area contributed by atoms with Gasteiger partial charge in [-0.25, -0.2) is 9.78 Å². The fraction of sp³-hybridized carbons (Fsp3) is 0.400. The van der Waals surface area contributed by atoms with Crippen molar-refractivity contribution in [3.8, 4) is 5.75 Å². The van der Waals surface area contributed by atoms with E-state index in [-0.39, 0.29) is 30.6 Å². The van der Waals surface area contributed by atoms with Gasteiger partial charge in [0.2, 0.25) is 5.91 Å². The average molecular weight is 404 g/mol. The van der Waals surface area contributed by atoms with E-state index in [9.17, 15) is 14.4 Å². The van der Waals surface area contributed by atoms with Crippen molar-refractivity contribution < 1.29 is 23.9 Å². The van der Waals surface area contributed by atoms with Gasteiger partial charge in [0, 0.05) is 12.8 Å². The lowest BCUT2D eigenvalue weighted by molar-refractivity contribution is -0.116. The zero-order valence-corrected chi connectivity index (χ0v) is 17.4. The fourth-order valence-electron chi connectivity index (χ4n) is 2.49. The highest BCUT2D eigenvalue weighted by molar-refractivity contribution is 7.17. The van der Waals surface area contributed by atoms with Crippen LogP contribution in [0.1, 0.15) is 58.0 Å². The molecule has 2 rings (SSSR count). The van der Waals surface area contributed by atoms with Crippen LogP contribution in [0.2, 0.25) is 0 Å². The standard InChI is InChI=1S/C20H24N2O5S/c1-11(2)27-19(25)18-13(4)21-20(28-18)22-17(24)9-7-15(23)14-10-12(3)6-8-16(14)26-5/h6,8,10-11H,7,9H2,1-5H3,(H,21,22,24). The van der Waals surface area contributed by atoms with E-state index in [1.165, 1.54) is 7.11 Å². The van der Waals surface area contributed by atoms with Crippen LogP contribution in [0.25, 0.3) is 0 Å². The number of aromatic nitrogens is 1. The predicted molar refractivity (Wildman–Crippen MR) is 107 cm³/mol. The molecule has 0 fully saturated rings. The molecule has 1 aromatic heterocycles. The number of ether oxygens (including phenoxy) is 2. The van der Waals surface area contributed by atoms with Gasteiger partial charge in [0.25, 0.3) is 0 Å². The molecule has 150 valence electrons. The van der Waals surface area contributed by atoms with Crippen LogP contribution in [-0.2, 0) is 9.53 Å².